The summed E-state index contributed by atoms with van der Waals surface area (Å²) in [6, 6.07) is 1.90. The number of nitrogens with one attached hydrogen (secondary N) is 1. The van der Waals surface area contributed by atoms with Gasteiger partial charge in [-0.3, -0.25) is 4.98 Å². The molecule has 5 heteroatoms. The minimum Gasteiger partial charge on any atom is -0.309 e. The first-order valence-electron chi connectivity index (χ1n) is 5.19. The molecule has 0 fully saturated rings. The Bertz CT molecular complexity index is 443. The van der Waals surface area contributed by atoms with E-state index in [4.69, 9.17) is 0 Å². The van der Waals surface area contributed by atoms with E-state index >= 15 is 0 Å². The molecule has 4 nitrogen and oxygen atoms in total. The topological polar surface area (TPSA) is 59.1 Å². The monoisotopic (exact) mass is 242 g/mol. The molecule has 0 aliphatic heterocycles. The summed E-state index contributed by atoms with van der Waals surface area (Å²) in [5, 5.41) is 3.19. The van der Waals surface area contributed by atoms with Gasteiger partial charge < -0.3 is 5.32 Å². The van der Waals surface area contributed by atoms with Crippen LogP contribution in [0.4, 0.5) is 0 Å². The van der Waals surface area contributed by atoms with Gasteiger partial charge >= 0.3 is 0 Å². The number of rotatable bonds is 5. The summed E-state index contributed by atoms with van der Waals surface area (Å²) in [6.07, 6.45) is 4.80. The summed E-state index contributed by atoms with van der Waals surface area (Å²) < 4.78 is 22.1. The Morgan fingerprint density at radius 2 is 2.19 bits per heavy atom. The molecule has 0 amide bonds. The van der Waals surface area contributed by atoms with Crippen molar-refractivity contribution >= 4 is 9.84 Å². The molecule has 0 aliphatic carbocycles. The molecule has 1 N–H and O–H groups in total. The number of sulfone groups is 1. The fourth-order valence-corrected chi connectivity index (χ4v) is 2.52. The maximum Gasteiger partial charge on any atom is 0.148 e. The zero-order valence-electron chi connectivity index (χ0n) is 9.90. The maximum atomic E-state index is 11.1. The van der Waals surface area contributed by atoms with Crippen LogP contribution >= 0.6 is 0 Å². The summed E-state index contributed by atoms with van der Waals surface area (Å²) in [4.78, 5) is 4.01. The van der Waals surface area contributed by atoms with Crippen LogP contribution in [0.25, 0.3) is 0 Å². The molecule has 0 spiro atoms. The smallest absolute Gasteiger partial charge is 0.148 e. The van der Waals surface area contributed by atoms with E-state index < -0.39 is 9.84 Å². The molecule has 1 aromatic rings. The van der Waals surface area contributed by atoms with E-state index in [1.807, 2.05) is 19.9 Å². The van der Waals surface area contributed by atoms with Gasteiger partial charge in [0.2, 0.25) is 0 Å². The van der Waals surface area contributed by atoms with Crippen LogP contribution in [0.3, 0.4) is 0 Å². The van der Waals surface area contributed by atoms with Crippen molar-refractivity contribution in [2.75, 3.05) is 12.0 Å². The lowest BCUT2D eigenvalue weighted by molar-refractivity contribution is 0.559. The van der Waals surface area contributed by atoms with Gasteiger partial charge in [0.15, 0.2) is 0 Å². The Morgan fingerprint density at radius 3 is 2.75 bits per heavy atom. The van der Waals surface area contributed by atoms with Gasteiger partial charge in [0.1, 0.15) is 9.84 Å². The molecule has 0 saturated carbocycles. The van der Waals surface area contributed by atoms with Gasteiger partial charge in [0.05, 0.1) is 5.75 Å². The molecule has 0 aliphatic rings. The SMILES string of the molecule is Cc1cnccc1CNC(C)CS(C)(=O)=O. The highest BCUT2D eigenvalue weighted by Crippen LogP contribution is 2.04. The minimum atomic E-state index is -2.91. The molecular weight excluding hydrogens is 224 g/mol. The molecule has 0 radical (unpaired) electrons. The molecule has 1 unspecified atom stereocenters. The van der Waals surface area contributed by atoms with Gasteiger partial charge in [-0.2, -0.15) is 0 Å². The highest BCUT2D eigenvalue weighted by Gasteiger charge is 2.09. The highest BCUT2D eigenvalue weighted by molar-refractivity contribution is 7.90. The Kier molecular flexibility index (Phi) is 4.44. The molecule has 0 aromatic carbocycles. The van der Waals surface area contributed by atoms with Crippen LogP contribution in [0.1, 0.15) is 18.1 Å². The number of aromatic nitrogens is 1. The first kappa shape index (κ1) is 13.1. The predicted molar refractivity (Wildman–Crippen MR) is 65.0 cm³/mol. The first-order chi connectivity index (χ1) is 7.38. The van der Waals surface area contributed by atoms with Crippen molar-refractivity contribution in [3.8, 4) is 0 Å². The quantitative estimate of drug-likeness (QED) is 0.834. The number of hydrogen-bond acceptors (Lipinski definition) is 4. The van der Waals surface area contributed by atoms with Crippen molar-refractivity contribution in [1.82, 2.24) is 10.3 Å². The Labute approximate surface area is 97.0 Å². The summed E-state index contributed by atoms with van der Waals surface area (Å²) in [5.74, 6) is 0.164. The first-order valence-corrected chi connectivity index (χ1v) is 7.25. The summed E-state index contributed by atoms with van der Waals surface area (Å²) >= 11 is 0. The average Bonchev–Trinajstić information content (AvgIpc) is 2.14. The van der Waals surface area contributed by atoms with Crippen molar-refractivity contribution in [2.45, 2.75) is 26.4 Å². The Balaban J connectivity index is 2.49. The van der Waals surface area contributed by atoms with Crippen LogP contribution in [0.2, 0.25) is 0 Å². The summed E-state index contributed by atoms with van der Waals surface area (Å²) in [6.45, 7) is 4.54. The summed E-state index contributed by atoms with van der Waals surface area (Å²) in [7, 11) is -2.91. The van der Waals surface area contributed by atoms with Crippen molar-refractivity contribution in [1.29, 1.82) is 0 Å². The van der Waals surface area contributed by atoms with E-state index in [0.29, 0.717) is 6.54 Å². The molecule has 0 saturated heterocycles. The standard InChI is InChI=1S/C11H18N2O2S/c1-9-6-12-5-4-11(9)7-13-10(2)8-16(3,14)15/h4-6,10,13H,7-8H2,1-3H3. The third-order valence-electron chi connectivity index (χ3n) is 2.33. The van der Waals surface area contributed by atoms with E-state index in [2.05, 4.69) is 10.3 Å². The second kappa shape index (κ2) is 5.41. The lowest BCUT2D eigenvalue weighted by Gasteiger charge is -2.13. The molecule has 1 heterocycles. The molecule has 0 bridgehead atoms. The van der Waals surface area contributed by atoms with Crippen LogP contribution in [-0.4, -0.2) is 31.5 Å². The third-order valence-corrected chi connectivity index (χ3v) is 3.44. The molecule has 1 atom stereocenters. The number of hydrogen-bond donors (Lipinski definition) is 1. The minimum absolute atomic E-state index is 0.0393. The number of nitrogens with zero attached hydrogens (tertiary/aromatic N) is 1. The molecular formula is C11H18N2O2S. The van der Waals surface area contributed by atoms with Gasteiger partial charge in [-0.05, 0) is 31.0 Å². The maximum absolute atomic E-state index is 11.1. The van der Waals surface area contributed by atoms with E-state index in [9.17, 15) is 8.42 Å². The second-order valence-corrected chi connectivity index (χ2v) is 6.36. The van der Waals surface area contributed by atoms with Crippen LogP contribution in [-0.2, 0) is 16.4 Å². The molecule has 16 heavy (non-hydrogen) atoms. The Morgan fingerprint density at radius 1 is 1.50 bits per heavy atom. The van der Waals surface area contributed by atoms with E-state index in [1.54, 1.807) is 12.4 Å². The summed E-state index contributed by atoms with van der Waals surface area (Å²) in [5.41, 5.74) is 2.26. The van der Waals surface area contributed by atoms with E-state index in [-0.39, 0.29) is 11.8 Å². The van der Waals surface area contributed by atoms with Crippen LogP contribution in [0, 0.1) is 6.92 Å². The largest absolute Gasteiger partial charge is 0.309 e. The van der Waals surface area contributed by atoms with E-state index in [0.717, 1.165) is 11.1 Å². The van der Waals surface area contributed by atoms with Crippen LogP contribution in [0.15, 0.2) is 18.5 Å². The zero-order valence-corrected chi connectivity index (χ0v) is 10.7. The molecule has 90 valence electrons. The van der Waals surface area contributed by atoms with Crippen molar-refractivity contribution in [2.24, 2.45) is 0 Å². The van der Waals surface area contributed by atoms with Gasteiger partial charge in [-0.25, -0.2) is 8.42 Å². The van der Waals surface area contributed by atoms with E-state index in [1.165, 1.54) is 6.26 Å². The van der Waals surface area contributed by atoms with Crippen LogP contribution < -0.4 is 5.32 Å². The molecule has 1 rings (SSSR count). The normalized spacial score (nSPS) is 13.7. The predicted octanol–water partition coefficient (Wildman–Crippen LogP) is 0.913. The van der Waals surface area contributed by atoms with Crippen LogP contribution in [0.5, 0.6) is 0 Å². The average molecular weight is 242 g/mol. The van der Waals surface area contributed by atoms with Gasteiger partial charge in [-0.15, -0.1) is 0 Å². The van der Waals surface area contributed by atoms with Gasteiger partial charge in [0.25, 0.3) is 0 Å². The fraction of sp³-hybridized carbons (Fsp3) is 0.545. The van der Waals surface area contributed by atoms with Gasteiger partial charge in [-0.1, -0.05) is 0 Å². The Hall–Kier alpha value is -0.940. The lowest BCUT2D eigenvalue weighted by Crippen LogP contribution is -2.32. The number of aryl methyl sites for hydroxylation is 1. The number of pyridine rings is 1. The second-order valence-electron chi connectivity index (χ2n) is 4.18. The van der Waals surface area contributed by atoms with Crippen molar-refractivity contribution in [3.63, 3.8) is 0 Å². The van der Waals surface area contributed by atoms with Gasteiger partial charge in [0, 0.05) is 31.2 Å². The van der Waals surface area contributed by atoms with Crippen molar-refractivity contribution < 1.29 is 8.42 Å². The third kappa shape index (κ3) is 4.72. The fourth-order valence-electron chi connectivity index (χ4n) is 1.50. The lowest BCUT2D eigenvalue weighted by atomic mass is 10.1. The van der Waals surface area contributed by atoms with Crippen molar-refractivity contribution in [3.05, 3.63) is 29.6 Å². The molecule has 1 aromatic heterocycles. The highest BCUT2D eigenvalue weighted by atomic mass is 32.2. The zero-order chi connectivity index (χ0) is 12.2.